The van der Waals surface area contributed by atoms with Gasteiger partial charge in [0, 0.05) is 19.5 Å². The van der Waals surface area contributed by atoms with E-state index in [1.54, 1.807) is 6.92 Å². The first kappa shape index (κ1) is 11.1. The number of rotatable bonds is 1. The minimum Gasteiger partial charge on any atom is -0.389 e. The van der Waals surface area contributed by atoms with Crippen LogP contribution in [0.5, 0.6) is 0 Å². The Morgan fingerprint density at radius 3 is 2.94 bits per heavy atom. The lowest BCUT2D eigenvalue weighted by Gasteiger charge is -2.21. The zero-order chi connectivity index (χ0) is 12.7. The zero-order valence-corrected chi connectivity index (χ0v) is 9.82. The first-order valence-corrected chi connectivity index (χ1v) is 5.76. The van der Waals surface area contributed by atoms with Crippen LogP contribution in [-0.2, 0) is 4.79 Å². The summed E-state index contributed by atoms with van der Waals surface area (Å²) in [6.07, 6.45) is 0.470. The van der Waals surface area contributed by atoms with Crippen LogP contribution in [0.15, 0.2) is 9.21 Å². The van der Waals surface area contributed by atoms with Crippen molar-refractivity contribution in [1.82, 2.24) is 20.3 Å². The van der Waals surface area contributed by atoms with Gasteiger partial charge in [-0.05, 0) is 6.92 Å². The van der Waals surface area contributed by atoms with E-state index in [1.807, 2.05) is 0 Å². The van der Waals surface area contributed by atoms with Crippen LogP contribution in [-0.4, -0.2) is 33.8 Å². The van der Waals surface area contributed by atoms with Crippen LogP contribution in [0.3, 0.4) is 0 Å². The van der Waals surface area contributed by atoms with Crippen LogP contribution in [0.25, 0.3) is 11.2 Å². The van der Waals surface area contributed by atoms with Crippen molar-refractivity contribution < 1.29 is 9.21 Å². The molecule has 1 fully saturated rings. The van der Waals surface area contributed by atoms with Crippen molar-refractivity contribution in [2.24, 2.45) is 0 Å². The number of nitrogens with zero attached hydrogens (tertiary/aromatic N) is 2. The summed E-state index contributed by atoms with van der Waals surface area (Å²) in [5.74, 6) is -0.326. The molecule has 3 heterocycles. The standard InChI is InChI=1S/C11H12N4O3/c1-5-13-8(6-4-12-3-2-7(6)16)9-10(14-5)18-11(17)15-9/h6,12H,2-4H2,1H3,(H,15,17). The normalized spacial score (nSPS) is 20.5. The Kier molecular flexibility index (Phi) is 2.48. The zero-order valence-electron chi connectivity index (χ0n) is 9.82. The number of piperidine rings is 1. The molecule has 0 bridgehead atoms. The summed E-state index contributed by atoms with van der Waals surface area (Å²) in [4.78, 5) is 34.0. The number of H-pyrrole nitrogens is 1. The minimum absolute atomic E-state index is 0.121. The van der Waals surface area contributed by atoms with Gasteiger partial charge in [0.1, 0.15) is 17.1 Å². The molecule has 1 aliphatic rings. The number of hydrogen-bond donors (Lipinski definition) is 2. The Balaban J connectivity index is 2.20. The van der Waals surface area contributed by atoms with Gasteiger partial charge in [-0.15, -0.1) is 0 Å². The van der Waals surface area contributed by atoms with E-state index in [-0.39, 0.29) is 17.4 Å². The number of fused-ring (bicyclic) bond motifs is 1. The fourth-order valence-corrected chi connectivity index (χ4v) is 2.22. The molecule has 2 aromatic rings. The SMILES string of the molecule is Cc1nc(C2CNCCC2=O)c2[nH]c(=O)oc2n1. The first-order valence-electron chi connectivity index (χ1n) is 5.76. The quantitative estimate of drug-likeness (QED) is 0.728. The number of hydrogen-bond acceptors (Lipinski definition) is 6. The van der Waals surface area contributed by atoms with Gasteiger partial charge in [-0.1, -0.05) is 0 Å². The lowest BCUT2D eigenvalue weighted by molar-refractivity contribution is -0.121. The van der Waals surface area contributed by atoms with Crippen molar-refractivity contribution >= 4 is 17.0 Å². The second-order valence-corrected chi connectivity index (χ2v) is 4.32. The monoisotopic (exact) mass is 248 g/mol. The van der Waals surface area contributed by atoms with E-state index >= 15 is 0 Å². The topological polar surface area (TPSA) is 101 Å². The number of nitrogens with one attached hydrogen (secondary N) is 2. The van der Waals surface area contributed by atoms with Crippen molar-refractivity contribution in [2.45, 2.75) is 19.3 Å². The molecule has 1 aliphatic heterocycles. The molecular formula is C11H12N4O3. The molecule has 0 spiro atoms. The van der Waals surface area contributed by atoms with E-state index in [2.05, 4.69) is 20.3 Å². The summed E-state index contributed by atoms with van der Waals surface area (Å²) in [6.45, 7) is 2.92. The van der Waals surface area contributed by atoms with Gasteiger partial charge in [-0.3, -0.25) is 9.78 Å². The van der Waals surface area contributed by atoms with Crippen LogP contribution < -0.4 is 11.1 Å². The van der Waals surface area contributed by atoms with Gasteiger partial charge in [-0.2, -0.15) is 4.98 Å². The van der Waals surface area contributed by atoms with Crippen molar-refractivity contribution in [3.8, 4) is 0 Å². The Hall–Kier alpha value is -2.02. The van der Waals surface area contributed by atoms with Gasteiger partial charge in [0.2, 0.25) is 0 Å². The Morgan fingerprint density at radius 1 is 1.33 bits per heavy atom. The van der Waals surface area contributed by atoms with E-state index in [4.69, 9.17) is 4.42 Å². The number of aromatic nitrogens is 3. The van der Waals surface area contributed by atoms with Crippen LogP contribution in [0, 0.1) is 6.92 Å². The van der Waals surface area contributed by atoms with Crippen LogP contribution in [0.2, 0.25) is 0 Å². The molecule has 7 heteroatoms. The predicted octanol–water partition coefficient (Wildman–Crippen LogP) is -0.134. The molecule has 7 nitrogen and oxygen atoms in total. The molecular weight excluding hydrogens is 236 g/mol. The fraction of sp³-hybridized carbons (Fsp3) is 0.455. The second-order valence-electron chi connectivity index (χ2n) is 4.32. The Morgan fingerprint density at radius 2 is 2.17 bits per heavy atom. The molecule has 2 aromatic heterocycles. The minimum atomic E-state index is -0.581. The number of oxazole rings is 1. The van der Waals surface area contributed by atoms with Gasteiger partial charge >= 0.3 is 5.76 Å². The number of aromatic amines is 1. The number of carbonyl (C=O) groups excluding carboxylic acids is 1. The average Bonchev–Trinajstić information content (AvgIpc) is 2.69. The van der Waals surface area contributed by atoms with Crippen molar-refractivity contribution in [2.75, 3.05) is 13.1 Å². The average molecular weight is 248 g/mol. The highest BCUT2D eigenvalue weighted by Crippen LogP contribution is 2.24. The second kappa shape index (κ2) is 4.02. The molecule has 18 heavy (non-hydrogen) atoms. The molecule has 1 saturated heterocycles. The molecule has 0 aliphatic carbocycles. The predicted molar refractivity (Wildman–Crippen MR) is 62.4 cm³/mol. The van der Waals surface area contributed by atoms with Crippen LogP contribution >= 0.6 is 0 Å². The van der Waals surface area contributed by atoms with Crippen LogP contribution in [0.4, 0.5) is 0 Å². The van der Waals surface area contributed by atoms with Crippen molar-refractivity contribution in [3.63, 3.8) is 0 Å². The first-order chi connectivity index (χ1) is 8.65. The summed E-state index contributed by atoms with van der Waals surface area (Å²) in [7, 11) is 0. The summed E-state index contributed by atoms with van der Waals surface area (Å²) in [6, 6.07) is 0. The van der Waals surface area contributed by atoms with Gasteiger partial charge in [0.15, 0.2) is 0 Å². The van der Waals surface area contributed by atoms with Gasteiger partial charge < -0.3 is 9.73 Å². The van der Waals surface area contributed by atoms with E-state index < -0.39 is 5.76 Å². The largest absolute Gasteiger partial charge is 0.418 e. The van der Waals surface area contributed by atoms with E-state index in [0.717, 1.165) is 0 Å². The molecule has 0 amide bonds. The van der Waals surface area contributed by atoms with E-state index in [1.165, 1.54) is 0 Å². The highest BCUT2D eigenvalue weighted by Gasteiger charge is 2.28. The third-order valence-corrected chi connectivity index (χ3v) is 3.05. The lowest BCUT2D eigenvalue weighted by atomic mass is 9.94. The smallest absolute Gasteiger partial charge is 0.389 e. The van der Waals surface area contributed by atoms with Gasteiger partial charge in [0.05, 0.1) is 11.6 Å². The van der Waals surface area contributed by atoms with Gasteiger partial charge in [-0.25, -0.2) is 9.78 Å². The van der Waals surface area contributed by atoms with Crippen LogP contribution in [0.1, 0.15) is 23.9 Å². The maximum atomic E-state index is 11.9. The molecule has 0 aromatic carbocycles. The fourth-order valence-electron chi connectivity index (χ4n) is 2.22. The molecule has 1 unspecified atom stereocenters. The molecule has 2 N–H and O–H groups in total. The molecule has 1 atom stereocenters. The summed E-state index contributed by atoms with van der Waals surface area (Å²) < 4.78 is 4.92. The van der Waals surface area contributed by atoms with Crippen molar-refractivity contribution in [3.05, 3.63) is 22.1 Å². The van der Waals surface area contributed by atoms with E-state index in [9.17, 15) is 9.59 Å². The number of ketones is 1. The highest BCUT2D eigenvalue weighted by atomic mass is 16.4. The highest BCUT2D eigenvalue weighted by molar-refractivity contribution is 5.89. The molecule has 0 radical (unpaired) electrons. The van der Waals surface area contributed by atoms with E-state index in [0.29, 0.717) is 36.5 Å². The van der Waals surface area contributed by atoms with Gasteiger partial charge in [0.25, 0.3) is 5.71 Å². The lowest BCUT2D eigenvalue weighted by Crippen LogP contribution is -2.36. The number of carbonyl (C=O) groups is 1. The Labute approximate surface area is 102 Å². The molecule has 94 valence electrons. The molecule has 0 saturated carbocycles. The maximum absolute atomic E-state index is 11.9. The third kappa shape index (κ3) is 1.72. The Bertz CT molecular complexity index is 672. The summed E-state index contributed by atoms with van der Waals surface area (Å²) >= 11 is 0. The summed E-state index contributed by atoms with van der Waals surface area (Å²) in [5, 5.41) is 3.15. The number of Topliss-reactive ketones (excluding diaryl/α,β-unsaturated/α-hetero) is 1. The summed E-state index contributed by atoms with van der Waals surface area (Å²) in [5.41, 5.74) is 1.18. The maximum Gasteiger partial charge on any atom is 0.418 e. The van der Waals surface area contributed by atoms with Crippen molar-refractivity contribution in [1.29, 1.82) is 0 Å². The third-order valence-electron chi connectivity index (χ3n) is 3.05. The molecule has 3 rings (SSSR count). The number of aryl methyl sites for hydroxylation is 1.